The van der Waals surface area contributed by atoms with Gasteiger partial charge in [0.2, 0.25) is 0 Å². The van der Waals surface area contributed by atoms with E-state index >= 15 is 0 Å². The molecule has 86 valence electrons. The van der Waals surface area contributed by atoms with Crippen LogP contribution in [0.2, 0.25) is 0 Å². The molecular formula is C14H20N2. The first-order chi connectivity index (χ1) is 7.84. The highest BCUT2D eigenvalue weighted by Gasteiger charge is 2.41. The van der Waals surface area contributed by atoms with Gasteiger partial charge in [-0.2, -0.15) is 0 Å². The van der Waals surface area contributed by atoms with Crippen LogP contribution in [0.25, 0.3) is 0 Å². The summed E-state index contributed by atoms with van der Waals surface area (Å²) < 4.78 is 0. The summed E-state index contributed by atoms with van der Waals surface area (Å²) in [7, 11) is 0. The number of rotatable bonds is 2. The molecule has 0 aromatic heterocycles. The van der Waals surface area contributed by atoms with Gasteiger partial charge in [0, 0.05) is 25.2 Å². The zero-order valence-electron chi connectivity index (χ0n) is 9.89. The summed E-state index contributed by atoms with van der Waals surface area (Å²) >= 11 is 0. The fraction of sp³-hybridized carbons (Fsp3) is 0.571. The topological polar surface area (TPSA) is 15.3 Å². The molecule has 0 bridgehead atoms. The molecule has 0 spiro atoms. The number of nitrogens with one attached hydrogen (secondary N) is 1. The predicted octanol–water partition coefficient (Wildman–Crippen LogP) is 1.87. The summed E-state index contributed by atoms with van der Waals surface area (Å²) in [5, 5.41) is 3.52. The molecule has 1 N–H and O–H groups in total. The number of hydrogen-bond acceptors (Lipinski definition) is 2. The maximum absolute atomic E-state index is 3.52. The molecule has 0 aliphatic carbocycles. The van der Waals surface area contributed by atoms with E-state index in [4.69, 9.17) is 0 Å². The van der Waals surface area contributed by atoms with Gasteiger partial charge in [-0.3, -0.25) is 4.90 Å². The third-order valence-corrected chi connectivity index (χ3v) is 4.15. The maximum atomic E-state index is 3.52. The lowest BCUT2D eigenvalue weighted by Gasteiger charge is -2.27. The Morgan fingerprint density at radius 1 is 1.25 bits per heavy atom. The molecule has 3 atom stereocenters. The second-order valence-electron chi connectivity index (χ2n) is 5.23. The molecule has 2 aliphatic heterocycles. The zero-order valence-corrected chi connectivity index (χ0v) is 9.89. The van der Waals surface area contributed by atoms with Gasteiger partial charge in [-0.15, -0.1) is 0 Å². The van der Waals surface area contributed by atoms with Gasteiger partial charge in [0.05, 0.1) is 0 Å². The fourth-order valence-corrected chi connectivity index (χ4v) is 3.32. The Morgan fingerprint density at radius 3 is 2.88 bits per heavy atom. The number of fused-ring (bicyclic) bond motifs is 1. The normalized spacial score (nSPS) is 34.2. The smallest absolute Gasteiger partial charge is 0.0267 e. The van der Waals surface area contributed by atoms with Crippen LogP contribution in [0.5, 0.6) is 0 Å². The quantitative estimate of drug-likeness (QED) is 0.812. The lowest BCUT2D eigenvalue weighted by atomic mass is 10.0. The van der Waals surface area contributed by atoms with E-state index in [1.807, 2.05) is 0 Å². The summed E-state index contributed by atoms with van der Waals surface area (Å²) in [4.78, 5) is 2.68. The first-order valence-electron chi connectivity index (χ1n) is 6.35. The summed E-state index contributed by atoms with van der Waals surface area (Å²) in [6.45, 7) is 5.90. The van der Waals surface area contributed by atoms with E-state index in [1.165, 1.54) is 25.1 Å². The summed E-state index contributed by atoms with van der Waals surface area (Å²) in [5.74, 6) is 0.888. The van der Waals surface area contributed by atoms with Crippen LogP contribution in [0, 0.1) is 5.92 Å². The molecule has 2 aliphatic rings. The zero-order chi connectivity index (χ0) is 11.0. The third-order valence-electron chi connectivity index (χ3n) is 4.15. The van der Waals surface area contributed by atoms with Gasteiger partial charge in [0.15, 0.2) is 0 Å². The van der Waals surface area contributed by atoms with E-state index in [-0.39, 0.29) is 0 Å². The highest BCUT2D eigenvalue weighted by Crippen LogP contribution is 2.33. The van der Waals surface area contributed by atoms with E-state index in [2.05, 4.69) is 47.5 Å². The highest BCUT2D eigenvalue weighted by molar-refractivity contribution is 5.15. The van der Waals surface area contributed by atoms with Crippen molar-refractivity contribution in [2.45, 2.75) is 32.0 Å². The number of benzene rings is 1. The average molecular weight is 216 g/mol. The molecule has 2 nitrogen and oxygen atoms in total. The second kappa shape index (κ2) is 4.19. The second-order valence-corrected chi connectivity index (χ2v) is 5.23. The molecule has 2 heterocycles. The minimum absolute atomic E-state index is 0.748. The highest BCUT2D eigenvalue weighted by atomic mass is 15.3. The van der Waals surface area contributed by atoms with Crippen LogP contribution in [0.1, 0.15) is 18.9 Å². The van der Waals surface area contributed by atoms with Crippen LogP contribution in [-0.2, 0) is 6.54 Å². The summed E-state index contributed by atoms with van der Waals surface area (Å²) in [6, 6.07) is 12.4. The Balaban J connectivity index is 1.74. The van der Waals surface area contributed by atoms with E-state index in [1.54, 1.807) is 0 Å². The molecule has 1 aromatic rings. The van der Waals surface area contributed by atoms with Crippen molar-refractivity contribution in [1.29, 1.82) is 0 Å². The van der Waals surface area contributed by atoms with Crippen LogP contribution in [-0.4, -0.2) is 30.1 Å². The minimum atomic E-state index is 0.748. The Kier molecular flexibility index (Phi) is 2.70. The van der Waals surface area contributed by atoms with Crippen LogP contribution in [0.15, 0.2) is 30.3 Å². The van der Waals surface area contributed by atoms with Crippen molar-refractivity contribution in [3.63, 3.8) is 0 Å². The standard InChI is InChI=1S/C14H20N2/c1-11-7-13-8-15-9-14(13)16(11)10-12-5-3-2-4-6-12/h2-6,11,13-15H,7-10H2,1H3/t11-,13+,14-/m1/s1. The van der Waals surface area contributed by atoms with Crippen LogP contribution in [0.4, 0.5) is 0 Å². The Bertz CT molecular complexity index is 349. The Morgan fingerprint density at radius 2 is 2.06 bits per heavy atom. The Labute approximate surface area is 97.6 Å². The van der Waals surface area contributed by atoms with Crippen molar-refractivity contribution >= 4 is 0 Å². The molecule has 16 heavy (non-hydrogen) atoms. The third kappa shape index (κ3) is 1.76. The van der Waals surface area contributed by atoms with Crippen molar-refractivity contribution in [2.75, 3.05) is 13.1 Å². The number of hydrogen-bond donors (Lipinski definition) is 1. The summed E-state index contributed by atoms with van der Waals surface area (Å²) in [5.41, 5.74) is 1.45. The minimum Gasteiger partial charge on any atom is -0.315 e. The van der Waals surface area contributed by atoms with Gasteiger partial charge in [-0.25, -0.2) is 0 Å². The Hall–Kier alpha value is -0.860. The average Bonchev–Trinajstić information content (AvgIpc) is 2.84. The molecule has 3 rings (SSSR count). The lowest BCUT2D eigenvalue weighted by Crippen LogP contribution is -2.37. The van der Waals surface area contributed by atoms with E-state index in [0.29, 0.717) is 0 Å². The van der Waals surface area contributed by atoms with E-state index < -0.39 is 0 Å². The molecule has 0 amide bonds. The molecule has 0 radical (unpaired) electrons. The molecule has 2 fully saturated rings. The number of nitrogens with zero attached hydrogens (tertiary/aromatic N) is 1. The molecule has 2 heteroatoms. The monoisotopic (exact) mass is 216 g/mol. The van der Waals surface area contributed by atoms with Gasteiger partial charge in [-0.05, 0) is 31.4 Å². The van der Waals surface area contributed by atoms with E-state index in [0.717, 1.165) is 24.5 Å². The van der Waals surface area contributed by atoms with Gasteiger partial charge in [-0.1, -0.05) is 30.3 Å². The van der Waals surface area contributed by atoms with E-state index in [9.17, 15) is 0 Å². The first-order valence-corrected chi connectivity index (χ1v) is 6.35. The molecular weight excluding hydrogens is 196 g/mol. The maximum Gasteiger partial charge on any atom is 0.0267 e. The summed E-state index contributed by atoms with van der Waals surface area (Å²) in [6.07, 6.45) is 1.37. The van der Waals surface area contributed by atoms with Crippen molar-refractivity contribution in [2.24, 2.45) is 5.92 Å². The largest absolute Gasteiger partial charge is 0.315 e. The fourth-order valence-electron chi connectivity index (χ4n) is 3.32. The van der Waals surface area contributed by atoms with Crippen molar-refractivity contribution < 1.29 is 0 Å². The van der Waals surface area contributed by atoms with Gasteiger partial charge in [0.25, 0.3) is 0 Å². The molecule has 1 aromatic carbocycles. The first kappa shape index (κ1) is 10.3. The van der Waals surface area contributed by atoms with Crippen LogP contribution < -0.4 is 5.32 Å². The van der Waals surface area contributed by atoms with Gasteiger partial charge in [0.1, 0.15) is 0 Å². The molecule has 0 saturated carbocycles. The SMILES string of the molecule is C[C@@H]1C[C@H]2CNC[C@H]2N1Cc1ccccc1. The number of likely N-dealkylation sites (tertiary alicyclic amines) is 1. The van der Waals surface area contributed by atoms with Crippen molar-refractivity contribution in [3.05, 3.63) is 35.9 Å². The van der Waals surface area contributed by atoms with Crippen molar-refractivity contribution in [3.8, 4) is 0 Å². The van der Waals surface area contributed by atoms with Gasteiger partial charge < -0.3 is 5.32 Å². The molecule has 2 saturated heterocycles. The lowest BCUT2D eigenvalue weighted by molar-refractivity contribution is 0.195. The van der Waals surface area contributed by atoms with Crippen LogP contribution in [0.3, 0.4) is 0 Å². The van der Waals surface area contributed by atoms with Gasteiger partial charge >= 0.3 is 0 Å². The van der Waals surface area contributed by atoms with Crippen molar-refractivity contribution in [1.82, 2.24) is 10.2 Å². The predicted molar refractivity (Wildman–Crippen MR) is 66.2 cm³/mol. The van der Waals surface area contributed by atoms with Crippen LogP contribution >= 0.6 is 0 Å². The molecule has 0 unspecified atom stereocenters.